The molecule has 2 aromatic carbocycles. The van der Waals surface area contributed by atoms with E-state index in [-0.39, 0.29) is 18.6 Å². The smallest absolute Gasteiger partial charge is 0.298 e. The molecule has 2 N–H and O–H groups in total. The summed E-state index contributed by atoms with van der Waals surface area (Å²) in [7, 11) is 0. The van der Waals surface area contributed by atoms with Gasteiger partial charge in [0.25, 0.3) is 6.47 Å². The monoisotopic (exact) mass is 561 g/mol. The van der Waals surface area contributed by atoms with Crippen LogP contribution >= 0.6 is 0 Å². The van der Waals surface area contributed by atoms with Crippen molar-refractivity contribution in [2.45, 2.75) is 74.0 Å². The number of benzene rings is 2. The van der Waals surface area contributed by atoms with E-state index in [1.54, 1.807) is 31.2 Å². The molecule has 1 aliphatic heterocycles. The highest BCUT2D eigenvalue weighted by Crippen LogP contribution is 2.27. The fourth-order valence-corrected chi connectivity index (χ4v) is 2.87. The minimum atomic E-state index is -0.224. The molecule has 0 radical (unpaired) electrons. The van der Waals surface area contributed by atoms with Crippen molar-refractivity contribution in [3.8, 4) is 22.9 Å². The Morgan fingerprint density at radius 3 is 2.23 bits per heavy atom. The third kappa shape index (κ3) is 18.9. The van der Waals surface area contributed by atoms with Crippen molar-refractivity contribution in [2.75, 3.05) is 32.9 Å². The van der Waals surface area contributed by atoms with Crippen LogP contribution in [0.5, 0.6) is 5.75 Å². The average molecular weight is 562 g/mol. The number of nitrogens with zero attached hydrogens (tertiary/aromatic N) is 1. The van der Waals surface area contributed by atoms with Gasteiger partial charge in [0.15, 0.2) is 0 Å². The second-order valence-electron chi connectivity index (χ2n) is 8.14. The molecule has 1 amide bonds. The lowest BCUT2D eigenvalue weighted by molar-refractivity contribution is -0.120. The van der Waals surface area contributed by atoms with Gasteiger partial charge in [-0.2, -0.15) is 5.26 Å². The molecule has 1 fully saturated rings. The van der Waals surface area contributed by atoms with Gasteiger partial charge in [0.05, 0.1) is 12.7 Å². The summed E-state index contributed by atoms with van der Waals surface area (Å²) in [5, 5.41) is 13.1. The maximum atomic E-state index is 13.5. The molecule has 224 valence electrons. The Bertz CT molecular complexity index is 956. The van der Waals surface area contributed by atoms with Gasteiger partial charge < -0.3 is 19.5 Å². The number of nitriles is 1. The Morgan fingerprint density at radius 1 is 1.07 bits per heavy atom. The van der Waals surface area contributed by atoms with Crippen LogP contribution < -0.4 is 15.4 Å². The van der Waals surface area contributed by atoms with Crippen molar-refractivity contribution >= 4 is 12.9 Å². The number of unbranched alkanes of at least 4 members (excludes halogenated alkanes) is 1. The first-order chi connectivity index (χ1) is 19.4. The van der Waals surface area contributed by atoms with Gasteiger partial charge in [0.1, 0.15) is 24.3 Å². The van der Waals surface area contributed by atoms with E-state index in [0.717, 1.165) is 42.9 Å². The topological polar surface area (TPSA) is 110 Å². The van der Waals surface area contributed by atoms with Crippen molar-refractivity contribution < 1.29 is 28.2 Å². The third-order valence-corrected chi connectivity index (χ3v) is 5.09. The fraction of sp³-hybridized carbons (Fsp3) is 0.516. The van der Waals surface area contributed by atoms with Crippen molar-refractivity contribution in [1.29, 1.82) is 5.26 Å². The molecular formula is C31H48FN3O5. The molecule has 3 rings (SSSR count). The summed E-state index contributed by atoms with van der Waals surface area (Å²) in [6.45, 7) is 17.7. The highest BCUT2D eigenvalue weighted by molar-refractivity contribution is 5.66. The minimum Gasteiger partial charge on any atom is -0.428 e. The SMILES string of the molecule is CC.CCCC.CCOC1COCCCN1.Cc1ccc(-c2ccc(OC=O)c(C)c2)cc1F.N#CCNC=O. The van der Waals surface area contributed by atoms with Gasteiger partial charge in [-0.15, -0.1) is 0 Å². The van der Waals surface area contributed by atoms with Gasteiger partial charge in [0, 0.05) is 13.2 Å². The maximum absolute atomic E-state index is 13.5. The molecule has 1 unspecified atom stereocenters. The molecule has 0 saturated carbocycles. The van der Waals surface area contributed by atoms with Gasteiger partial charge in [-0.25, -0.2) is 4.39 Å². The second kappa shape index (κ2) is 27.3. The van der Waals surface area contributed by atoms with E-state index in [9.17, 15) is 14.0 Å². The van der Waals surface area contributed by atoms with Crippen LogP contribution in [-0.4, -0.2) is 52.0 Å². The Hall–Kier alpha value is -3.32. The van der Waals surface area contributed by atoms with Crippen LogP contribution in [0.15, 0.2) is 36.4 Å². The molecule has 1 aliphatic rings. The van der Waals surface area contributed by atoms with Gasteiger partial charge in [-0.3, -0.25) is 14.9 Å². The van der Waals surface area contributed by atoms with E-state index < -0.39 is 0 Å². The highest BCUT2D eigenvalue weighted by atomic mass is 19.1. The summed E-state index contributed by atoms with van der Waals surface area (Å²) in [4.78, 5) is 19.6. The van der Waals surface area contributed by atoms with Crippen LogP contribution in [0.3, 0.4) is 0 Å². The van der Waals surface area contributed by atoms with E-state index in [2.05, 4.69) is 24.5 Å². The number of amides is 1. The molecule has 1 heterocycles. The first kappa shape index (κ1) is 38.8. The number of halogens is 1. The van der Waals surface area contributed by atoms with Crippen molar-refractivity contribution in [3.05, 3.63) is 53.3 Å². The van der Waals surface area contributed by atoms with Gasteiger partial charge in [-0.1, -0.05) is 58.7 Å². The standard InChI is InChI=1S/C15H13FO2.C7H15NO2.C4H10.C3H4N2O.C2H6/c1-10-3-4-13(8-14(10)16)12-5-6-15(18-9-17)11(2)7-12;1-2-10-7-6-9-5-3-4-8-7;1-3-4-2;4-1-2-5-3-6;1-2/h3-9H,1-2H3;7-8H,2-6H2,1H3;3-4H2,1-2H3;3H,2H2,(H,5,6);1-2H3. The lowest BCUT2D eigenvalue weighted by Crippen LogP contribution is -2.34. The quantitative estimate of drug-likeness (QED) is 0.228. The second-order valence-corrected chi connectivity index (χ2v) is 8.14. The molecule has 0 spiro atoms. The summed E-state index contributed by atoms with van der Waals surface area (Å²) >= 11 is 0. The number of rotatable bonds is 8. The van der Waals surface area contributed by atoms with Gasteiger partial charge in [0.2, 0.25) is 6.41 Å². The highest BCUT2D eigenvalue weighted by Gasteiger charge is 2.10. The number of carbonyl (C=O) groups excluding carboxylic acids is 2. The minimum absolute atomic E-state index is 0.101. The van der Waals surface area contributed by atoms with Crippen LogP contribution in [0, 0.1) is 31.0 Å². The number of ether oxygens (including phenoxy) is 3. The van der Waals surface area contributed by atoms with Gasteiger partial charge >= 0.3 is 0 Å². The van der Waals surface area contributed by atoms with E-state index in [1.165, 1.54) is 18.9 Å². The summed E-state index contributed by atoms with van der Waals surface area (Å²) in [6, 6.07) is 12.2. The summed E-state index contributed by atoms with van der Waals surface area (Å²) in [5.74, 6) is 0.291. The molecule has 40 heavy (non-hydrogen) atoms. The normalized spacial score (nSPS) is 13.3. The van der Waals surface area contributed by atoms with Crippen LogP contribution in [-0.2, 0) is 19.1 Å². The van der Waals surface area contributed by atoms with E-state index in [4.69, 9.17) is 19.5 Å². The molecular weight excluding hydrogens is 513 g/mol. The van der Waals surface area contributed by atoms with Crippen LogP contribution in [0.25, 0.3) is 11.1 Å². The van der Waals surface area contributed by atoms with E-state index in [1.807, 2.05) is 39.8 Å². The number of carbonyl (C=O) groups is 2. The van der Waals surface area contributed by atoms with Crippen molar-refractivity contribution in [1.82, 2.24) is 10.6 Å². The number of aryl methyl sites for hydroxylation is 2. The number of hydrogen-bond acceptors (Lipinski definition) is 7. The van der Waals surface area contributed by atoms with Crippen molar-refractivity contribution in [3.63, 3.8) is 0 Å². The zero-order chi connectivity index (χ0) is 30.6. The molecule has 9 heteroatoms. The Morgan fingerprint density at radius 2 is 1.73 bits per heavy atom. The zero-order valence-electron chi connectivity index (χ0n) is 25.2. The first-order valence-electron chi connectivity index (χ1n) is 13.8. The average Bonchev–Trinajstić information content (AvgIpc) is 3.25. The summed E-state index contributed by atoms with van der Waals surface area (Å²) in [5.41, 5.74) is 3.15. The Kier molecular flexibility index (Phi) is 26.5. The predicted molar refractivity (Wildman–Crippen MR) is 158 cm³/mol. The molecule has 1 atom stereocenters. The molecule has 0 bridgehead atoms. The zero-order valence-corrected chi connectivity index (χ0v) is 25.2. The van der Waals surface area contributed by atoms with E-state index in [0.29, 0.717) is 30.8 Å². The maximum Gasteiger partial charge on any atom is 0.298 e. The molecule has 1 saturated heterocycles. The first-order valence-corrected chi connectivity index (χ1v) is 13.8. The third-order valence-electron chi connectivity index (χ3n) is 5.09. The molecule has 0 aromatic heterocycles. The molecule has 0 aliphatic carbocycles. The predicted octanol–water partition coefficient (Wildman–Crippen LogP) is 6.09. The lowest BCUT2D eigenvalue weighted by Gasteiger charge is -2.14. The van der Waals surface area contributed by atoms with E-state index >= 15 is 0 Å². The fourth-order valence-electron chi connectivity index (χ4n) is 2.87. The summed E-state index contributed by atoms with van der Waals surface area (Å²) < 4.78 is 28.9. The number of nitrogens with one attached hydrogen (secondary N) is 2. The summed E-state index contributed by atoms with van der Waals surface area (Å²) in [6.07, 6.45) is 4.33. The largest absolute Gasteiger partial charge is 0.428 e. The Balaban J connectivity index is 0. The molecule has 8 nitrogen and oxygen atoms in total. The Labute approximate surface area is 240 Å². The van der Waals surface area contributed by atoms with Gasteiger partial charge in [-0.05, 0) is 74.2 Å². The molecule has 2 aromatic rings. The number of hydrogen-bond donors (Lipinski definition) is 2. The van der Waals surface area contributed by atoms with Crippen LogP contribution in [0.2, 0.25) is 0 Å². The van der Waals surface area contributed by atoms with Crippen LogP contribution in [0.1, 0.15) is 65.0 Å². The van der Waals surface area contributed by atoms with Crippen molar-refractivity contribution in [2.24, 2.45) is 0 Å². The van der Waals surface area contributed by atoms with Crippen LogP contribution in [0.4, 0.5) is 4.39 Å². The lowest BCUT2D eigenvalue weighted by atomic mass is 10.0.